The van der Waals surface area contributed by atoms with Crippen LogP contribution in [0.5, 0.6) is 5.75 Å². The van der Waals surface area contributed by atoms with Crippen LogP contribution in [0.4, 0.5) is 5.69 Å². The number of amides is 1. The average molecular weight is 400 g/mol. The Labute approximate surface area is 166 Å². The Bertz CT molecular complexity index is 1010. The van der Waals surface area contributed by atoms with Crippen LogP contribution in [0.2, 0.25) is 0 Å². The summed E-state index contributed by atoms with van der Waals surface area (Å²) in [5.41, 5.74) is 3.32. The Morgan fingerprint density at radius 1 is 1.07 bits per heavy atom. The van der Waals surface area contributed by atoms with Gasteiger partial charge in [-0.25, -0.2) is 8.42 Å². The van der Waals surface area contributed by atoms with Crippen LogP contribution in [0.3, 0.4) is 0 Å². The number of rotatable bonds is 5. The molecule has 2 aromatic carbocycles. The fraction of sp³-hybridized carbons (Fsp3) is 0.318. The molecular formula is C22H25NO4S. The van der Waals surface area contributed by atoms with E-state index in [0.29, 0.717) is 17.0 Å². The Morgan fingerprint density at radius 3 is 2.29 bits per heavy atom. The molecule has 5 nitrogen and oxygen atoms in total. The molecule has 1 aliphatic heterocycles. The summed E-state index contributed by atoms with van der Waals surface area (Å²) in [4.78, 5) is 14.9. The number of hydrogen-bond donors (Lipinski definition) is 0. The fourth-order valence-corrected chi connectivity index (χ4v) is 4.41. The molecule has 0 spiro atoms. The van der Waals surface area contributed by atoms with Crippen LogP contribution in [0.25, 0.3) is 0 Å². The van der Waals surface area contributed by atoms with Gasteiger partial charge in [-0.1, -0.05) is 6.07 Å². The van der Waals surface area contributed by atoms with E-state index < -0.39 is 15.9 Å². The van der Waals surface area contributed by atoms with Gasteiger partial charge in [-0.2, -0.15) is 0 Å². The van der Waals surface area contributed by atoms with E-state index in [1.807, 2.05) is 45.9 Å². The number of benzene rings is 2. The van der Waals surface area contributed by atoms with Crippen molar-refractivity contribution in [1.82, 2.24) is 0 Å². The Morgan fingerprint density at radius 2 is 1.75 bits per heavy atom. The molecule has 0 aliphatic carbocycles. The van der Waals surface area contributed by atoms with E-state index in [-0.39, 0.29) is 17.8 Å². The van der Waals surface area contributed by atoms with Gasteiger partial charge in [-0.05, 0) is 81.3 Å². The highest BCUT2D eigenvalue weighted by atomic mass is 32.2. The summed E-state index contributed by atoms with van der Waals surface area (Å²) in [5.74, 6) is 0.332. The molecular weight excluding hydrogens is 374 g/mol. The molecule has 0 aromatic heterocycles. The minimum Gasteiger partial charge on any atom is -0.491 e. The zero-order valence-electron chi connectivity index (χ0n) is 16.5. The van der Waals surface area contributed by atoms with E-state index in [2.05, 4.69) is 0 Å². The summed E-state index contributed by atoms with van der Waals surface area (Å²) < 4.78 is 29.6. The standard InChI is InChI=1S/C22H25NO4S/c1-15(2)27-21-9-6-18(7-10-21)22(24)23(20-11-12-28(25,26)14-20)19-8-5-16(3)17(4)13-19/h5-13,15,20H,14H2,1-4H3/t20-/m0/s1. The number of ether oxygens (including phenoxy) is 1. The van der Waals surface area contributed by atoms with E-state index in [1.165, 1.54) is 5.41 Å². The van der Waals surface area contributed by atoms with Crippen molar-refractivity contribution in [2.24, 2.45) is 0 Å². The molecule has 3 rings (SSSR count). The molecule has 1 amide bonds. The van der Waals surface area contributed by atoms with Crippen LogP contribution >= 0.6 is 0 Å². The van der Waals surface area contributed by atoms with Gasteiger partial charge in [0.25, 0.3) is 5.91 Å². The maximum atomic E-state index is 13.3. The van der Waals surface area contributed by atoms with Crippen molar-refractivity contribution in [2.45, 2.75) is 39.8 Å². The summed E-state index contributed by atoms with van der Waals surface area (Å²) in [6.07, 6.45) is 1.63. The Hall–Kier alpha value is -2.60. The van der Waals surface area contributed by atoms with Crippen molar-refractivity contribution in [2.75, 3.05) is 10.7 Å². The molecule has 0 saturated heterocycles. The van der Waals surface area contributed by atoms with Crippen molar-refractivity contribution in [3.63, 3.8) is 0 Å². The van der Waals surface area contributed by atoms with Gasteiger partial charge in [0, 0.05) is 16.7 Å². The number of carbonyl (C=O) groups is 1. The number of anilines is 1. The average Bonchev–Trinajstić information content (AvgIpc) is 2.97. The lowest BCUT2D eigenvalue weighted by Gasteiger charge is -2.28. The molecule has 0 bridgehead atoms. The van der Waals surface area contributed by atoms with Gasteiger partial charge in [0.1, 0.15) is 5.75 Å². The number of hydrogen-bond acceptors (Lipinski definition) is 4. The summed E-state index contributed by atoms with van der Waals surface area (Å²) in [7, 11) is -3.30. The lowest BCUT2D eigenvalue weighted by molar-refractivity contribution is 0.0983. The second-order valence-electron chi connectivity index (χ2n) is 7.36. The summed E-state index contributed by atoms with van der Waals surface area (Å²) in [5, 5.41) is 1.19. The molecule has 148 valence electrons. The smallest absolute Gasteiger partial charge is 0.258 e. The summed E-state index contributed by atoms with van der Waals surface area (Å²) in [6.45, 7) is 7.85. The zero-order valence-corrected chi connectivity index (χ0v) is 17.4. The molecule has 0 fully saturated rings. The lowest BCUT2D eigenvalue weighted by Crippen LogP contribution is -2.41. The van der Waals surface area contributed by atoms with Crippen LogP contribution in [0.15, 0.2) is 53.9 Å². The first-order valence-electron chi connectivity index (χ1n) is 9.25. The van der Waals surface area contributed by atoms with Crippen molar-refractivity contribution in [1.29, 1.82) is 0 Å². The maximum absolute atomic E-state index is 13.3. The van der Waals surface area contributed by atoms with Crippen molar-refractivity contribution in [3.05, 3.63) is 70.6 Å². The summed E-state index contributed by atoms with van der Waals surface area (Å²) >= 11 is 0. The van der Waals surface area contributed by atoms with Crippen LogP contribution in [-0.2, 0) is 9.84 Å². The minimum atomic E-state index is -3.30. The quantitative estimate of drug-likeness (QED) is 0.761. The Kier molecular flexibility index (Phi) is 5.61. The maximum Gasteiger partial charge on any atom is 0.258 e. The van der Waals surface area contributed by atoms with Crippen LogP contribution < -0.4 is 9.64 Å². The molecule has 28 heavy (non-hydrogen) atoms. The minimum absolute atomic E-state index is 0.0439. The molecule has 0 N–H and O–H groups in total. The van der Waals surface area contributed by atoms with Crippen LogP contribution in [0.1, 0.15) is 35.3 Å². The third-order valence-corrected chi connectivity index (χ3v) is 6.08. The predicted octanol–water partition coefficient (Wildman–Crippen LogP) is 4.05. The van der Waals surface area contributed by atoms with Crippen molar-refractivity contribution in [3.8, 4) is 5.75 Å². The number of nitrogens with zero attached hydrogens (tertiary/aromatic N) is 1. The van der Waals surface area contributed by atoms with Gasteiger partial charge < -0.3 is 9.64 Å². The third kappa shape index (κ3) is 4.44. The number of carbonyl (C=O) groups excluding carboxylic acids is 1. The van der Waals surface area contributed by atoms with Gasteiger partial charge in [0.05, 0.1) is 17.9 Å². The van der Waals surface area contributed by atoms with Gasteiger partial charge in [-0.15, -0.1) is 0 Å². The van der Waals surface area contributed by atoms with E-state index in [9.17, 15) is 13.2 Å². The van der Waals surface area contributed by atoms with Gasteiger partial charge >= 0.3 is 0 Å². The highest BCUT2D eigenvalue weighted by Crippen LogP contribution is 2.27. The monoisotopic (exact) mass is 399 g/mol. The van der Waals surface area contributed by atoms with Crippen molar-refractivity contribution >= 4 is 21.4 Å². The molecule has 1 aliphatic rings. The highest BCUT2D eigenvalue weighted by molar-refractivity contribution is 7.94. The molecule has 2 aromatic rings. The molecule has 0 saturated carbocycles. The number of sulfone groups is 1. The van der Waals surface area contributed by atoms with Crippen LogP contribution in [-0.4, -0.2) is 32.2 Å². The van der Waals surface area contributed by atoms with E-state index in [1.54, 1.807) is 35.2 Å². The molecule has 6 heteroatoms. The topological polar surface area (TPSA) is 63.7 Å². The SMILES string of the molecule is Cc1ccc(N(C(=O)c2ccc(OC(C)C)cc2)[C@H]2C=CS(=O)(=O)C2)cc1C. The summed E-state index contributed by atoms with van der Waals surface area (Å²) in [6, 6.07) is 12.1. The van der Waals surface area contributed by atoms with Gasteiger partial charge in [0.15, 0.2) is 9.84 Å². The number of aryl methyl sites for hydroxylation is 2. The predicted molar refractivity (Wildman–Crippen MR) is 112 cm³/mol. The molecule has 0 radical (unpaired) electrons. The van der Waals surface area contributed by atoms with Gasteiger partial charge in [-0.3, -0.25) is 4.79 Å². The second kappa shape index (κ2) is 7.80. The highest BCUT2D eigenvalue weighted by Gasteiger charge is 2.32. The zero-order chi connectivity index (χ0) is 20.5. The molecule has 1 atom stereocenters. The first kappa shape index (κ1) is 20.1. The molecule has 1 heterocycles. The largest absolute Gasteiger partial charge is 0.491 e. The second-order valence-corrected chi connectivity index (χ2v) is 9.29. The lowest BCUT2D eigenvalue weighted by atomic mass is 10.1. The normalized spacial score (nSPS) is 17.7. The Balaban J connectivity index is 1.97. The fourth-order valence-electron chi connectivity index (χ4n) is 3.14. The van der Waals surface area contributed by atoms with Crippen LogP contribution in [0, 0.1) is 13.8 Å². The van der Waals surface area contributed by atoms with Gasteiger partial charge in [0.2, 0.25) is 0 Å². The van der Waals surface area contributed by atoms with E-state index in [0.717, 1.165) is 11.1 Å². The third-order valence-electron chi connectivity index (χ3n) is 4.70. The van der Waals surface area contributed by atoms with Crippen molar-refractivity contribution < 1.29 is 17.9 Å². The molecule has 0 unspecified atom stereocenters. The first-order valence-corrected chi connectivity index (χ1v) is 11.0. The first-order chi connectivity index (χ1) is 13.2. The van der Waals surface area contributed by atoms with E-state index in [4.69, 9.17) is 4.74 Å². The van der Waals surface area contributed by atoms with E-state index >= 15 is 0 Å².